The maximum atomic E-state index is 11.8. The molecule has 0 saturated heterocycles. The van der Waals surface area contributed by atoms with Gasteiger partial charge in [-0.3, -0.25) is 10.00 Å². The molecule has 0 spiro atoms. The summed E-state index contributed by atoms with van der Waals surface area (Å²) in [7, 11) is 0. The first-order chi connectivity index (χ1) is 10.7. The fourth-order valence-corrected chi connectivity index (χ4v) is 2.76. The molecule has 6 heteroatoms. The van der Waals surface area contributed by atoms with Crippen molar-refractivity contribution in [2.75, 3.05) is 18.4 Å². The Morgan fingerprint density at radius 1 is 1.41 bits per heavy atom. The molecule has 1 aromatic heterocycles. The molecule has 0 fully saturated rings. The second kappa shape index (κ2) is 6.62. The molecule has 1 atom stereocenters. The van der Waals surface area contributed by atoms with Crippen LogP contribution < -0.4 is 10.6 Å². The summed E-state index contributed by atoms with van der Waals surface area (Å²) < 4.78 is 0. The first-order valence-electron chi connectivity index (χ1n) is 7.57. The van der Waals surface area contributed by atoms with E-state index in [4.69, 9.17) is 0 Å². The molecule has 0 unspecified atom stereocenters. The summed E-state index contributed by atoms with van der Waals surface area (Å²) >= 11 is 0. The molecule has 2 heterocycles. The second-order valence-electron chi connectivity index (χ2n) is 5.66. The lowest BCUT2D eigenvalue weighted by atomic mass is 9.99. The number of carbonyl (C=O) groups is 1. The predicted molar refractivity (Wildman–Crippen MR) is 85.6 cm³/mol. The molecule has 2 amide bonds. The summed E-state index contributed by atoms with van der Waals surface area (Å²) in [5.74, 6) is 0. The molecular weight excluding hydrogens is 278 g/mol. The molecule has 3 rings (SSSR count). The zero-order valence-electron chi connectivity index (χ0n) is 12.7. The van der Waals surface area contributed by atoms with Gasteiger partial charge in [-0.1, -0.05) is 24.3 Å². The number of urea groups is 1. The van der Waals surface area contributed by atoms with Crippen molar-refractivity contribution >= 4 is 11.7 Å². The lowest BCUT2D eigenvalue weighted by Gasteiger charge is -2.33. The highest BCUT2D eigenvalue weighted by molar-refractivity contribution is 5.88. The van der Waals surface area contributed by atoms with Crippen LogP contribution in [0.2, 0.25) is 0 Å². The average molecular weight is 299 g/mol. The van der Waals surface area contributed by atoms with E-state index < -0.39 is 0 Å². The number of anilines is 1. The van der Waals surface area contributed by atoms with Gasteiger partial charge in [0, 0.05) is 31.9 Å². The Morgan fingerprint density at radius 3 is 3.00 bits per heavy atom. The normalized spacial score (nSPS) is 15.9. The smallest absolute Gasteiger partial charge is 0.319 e. The van der Waals surface area contributed by atoms with Gasteiger partial charge in [-0.25, -0.2) is 4.79 Å². The Kier molecular flexibility index (Phi) is 4.39. The Morgan fingerprint density at radius 2 is 2.23 bits per heavy atom. The minimum atomic E-state index is -0.203. The molecule has 2 aromatic rings. The summed E-state index contributed by atoms with van der Waals surface area (Å²) in [5.41, 5.74) is 3.50. The van der Waals surface area contributed by atoms with Crippen LogP contribution in [0.15, 0.2) is 36.7 Å². The Bertz CT molecular complexity index is 625. The van der Waals surface area contributed by atoms with E-state index >= 15 is 0 Å². The molecule has 0 saturated carbocycles. The maximum absolute atomic E-state index is 11.8. The Hall–Kier alpha value is -2.34. The first-order valence-corrected chi connectivity index (χ1v) is 7.57. The molecule has 0 radical (unpaired) electrons. The zero-order valence-corrected chi connectivity index (χ0v) is 12.7. The minimum Gasteiger partial charge on any atom is -0.336 e. The molecule has 22 heavy (non-hydrogen) atoms. The van der Waals surface area contributed by atoms with Crippen LogP contribution in [0.3, 0.4) is 0 Å². The van der Waals surface area contributed by atoms with E-state index in [2.05, 4.69) is 56.9 Å². The quantitative estimate of drug-likeness (QED) is 0.808. The molecular formula is C16H21N5O. The molecule has 6 nitrogen and oxygen atoms in total. The van der Waals surface area contributed by atoms with E-state index in [1.54, 1.807) is 12.4 Å². The van der Waals surface area contributed by atoms with E-state index in [1.807, 2.05) is 0 Å². The second-order valence-corrected chi connectivity index (χ2v) is 5.66. The van der Waals surface area contributed by atoms with Gasteiger partial charge in [0.15, 0.2) is 0 Å². The topological polar surface area (TPSA) is 73.0 Å². The first kappa shape index (κ1) is 14.6. The van der Waals surface area contributed by atoms with Crippen LogP contribution in [0.25, 0.3) is 0 Å². The number of amides is 2. The van der Waals surface area contributed by atoms with Crippen molar-refractivity contribution in [1.82, 2.24) is 20.4 Å². The molecule has 1 aliphatic heterocycles. The largest absolute Gasteiger partial charge is 0.336 e. The summed E-state index contributed by atoms with van der Waals surface area (Å²) in [6, 6.07) is 8.67. The highest BCUT2D eigenvalue weighted by atomic mass is 16.2. The summed E-state index contributed by atoms with van der Waals surface area (Å²) in [6.07, 6.45) is 4.29. The zero-order chi connectivity index (χ0) is 15.4. The lowest BCUT2D eigenvalue weighted by molar-refractivity contribution is 0.186. The van der Waals surface area contributed by atoms with Crippen LogP contribution in [0.1, 0.15) is 18.1 Å². The molecule has 1 aromatic carbocycles. The van der Waals surface area contributed by atoms with Gasteiger partial charge in [0.25, 0.3) is 0 Å². The van der Waals surface area contributed by atoms with E-state index in [1.165, 1.54) is 11.1 Å². The van der Waals surface area contributed by atoms with Gasteiger partial charge in [-0.2, -0.15) is 5.10 Å². The number of H-pyrrole nitrogens is 1. The lowest BCUT2D eigenvalue weighted by Crippen LogP contribution is -2.45. The van der Waals surface area contributed by atoms with Crippen LogP contribution >= 0.6 is 0 Å². The van der Waals surface area contributed by atoms with Gasteiger partial charge in [0.05, 0.1) is 11.9 Å². The van der Waals surface area contributed by atoms with Crippen molar-refractivity contribution in [3.05, 3.63) is 47.8 Å². The highest BCUT2D eigenvalue weighted by Gasteiger charge is 2.20. The molecule has 0 aliphatic carbocycles. The number of carbonyl (C=O) groups excluding carboxylic acids is 1. The molecule has 116 valence electrons. The van der Waals surface area contributed by atoms with Crippen LogP contribution in [-0.4, -0.2) is 40.3 Å². The third kappa shape index (κ3) is 3.46. The van der Waals surface area contributed by atoms with Crippen LogP contribution in [0.5, 0.6) is 0 Å². The monoisotopic (exact) mass is 299 g/mol. The molecule has 1 aliphatic rings. The third-order valence-electron chi connectivity index (χ3n) is 4.10. The van der Waals surface area contributed by atoms with Crippen molar-refractivity contribution in [3.63, 3.8) is 0 Å². The number of aromatic nitrogens is 2. The number of hydrogen-bond acceptors (Lipinski definition) is 3. The van der Waals surface area contributed by atoms with Gasteiger partial charge in [0.1, 0.15) is 0 Å². The standard InChI is InChI=1S/C16H21N5O/c1-12(8-17-16(22)20-15-9-18-19-10-15)21-7-6-13-4-2-3-5-14(13)11-21/h2-5,9-10,12H,6-8,11H2,1H3,(H,18,19)(H2,17,20,22)/t12-/m1/s1. The third-order valence-corrected chi connectivity index (χ3v) is 4.10. The van der Waals surface area contributed by atoms with Gasteiger partial charge in [-0.15, -0.1) is 0 Å². The molecule has 3 N–H and O–H groups in total. The van der Waals surface area contributed by atoms with E-state index in [-0.39, 0.29) is 6.03 Å². The van der Waals surface area contributed by atoms with Crippen molar-refractivity contribution < 1.29 is 4.79 Å². The van der Waals surface area contributed by atoms with Crippen LogP contribution in [-0.2, 0) is 13.0 Å². The number of rotatable bonds is 4. The fourth-order valence-electron chi connectivity index (χ4n) is 2.76. The average Bonchev–Trinajstić information content (AvgIpc) is 3.05. The number of aromatic amines is 1. The van der Waals surface area contributed by atoms with E-state index in [9.17, 15) is 4.79 Å². The van der Waals surface area contributed by atoms with Crippen molar-refractivity contribution in [2.45, 2.75) is 25.9 Å². The predicted octanol–water partition coefficient (Wildman–Crippen LogP) is 1.98. The number of hydrogen-bond donors (Lipinski definition) is 3. The minimum absolute atomic E-state index is 0.203. The SMILES string of the molecule is C[C@H](CNC(=O)Nc1cn[nH]c1)N1CCc2ccccc2C1. The van der Waals surface area contributed by atoms with Gasteiger partial charge in [0.2, 0.25) is 0 Å². The summed E-state index contributed by atoms with van der Waals surface area (Å²) in [6.45, 7) is 4.74. The van der Waals surface area contributed by atoms with Crippen molar-refractivity contribution in [3.8, 4) is 0 Å². The number of benzene rings is 1. The number of nitrogens with zero attached hydrogens (tertiary/aromatic N) is 2. The Balaban J connectivity index is 1.48. The summed E-state index contributed by atoms with van der Waals surface area (Å²) in [5, 5.41) is 12.1. The highest BCUT2D eigenvalue weighted by Crippen LogP contribution is 2.19. The maximum Gasteiger partial charge on any atom is 0.319 e. The number of nitrogens with one attached hydrogen (secondary N) is 3. The van der Waals surface area contributed by atoms with E-state index in [0.29, 0.717) is 18.3 Å². The van der Waals surface area contributed by atoms with Crippen LogP contribution in [0.4, 0.5) is 10.5 Å². The van der Waals surface area contributed by atoms with E-state index in [0.717, 1.165) is 19.5 Å². The summed E-state index contributed by atoms with van der Waals surface area (Å²) in [4.78, 5) is 14.2. The van der Waals surface area contributed by atoms with Crippen molar-refractivity contribution in [2.24, 2.45) is 0 Å². The van der Waals surface area contributed by atoms with Gasteiger partial charge in [-0.05, 0) is 24.5 Å². The van der Waals surface area contributed by atoms with Gasteiger partial charge < -0.3 is 10.6 Å². The Labute approximate surface area is 129 Å². The fraction of sp³-hybridized carbons (Fsp3) is 0.375. The van der Waals surface area contributed by atoms with Crippen LogP contribution in [0, 0.1) is 0 Å². The van der Waals surface area contributed by atoms with Gasteiger partial charge >= 0.3 is 6.03 Å². The molecule has 0 bridgehead atoms. The van der Waals surface area contributed by atoms with Crippen molar-refractivity contribution in [1.29, 1.82) is 0 Å². The number of fused-ring (bicyclic) bond motifs is 1.